The van der Waals surface area contributed by atoms with Gasteiger partial charge in [-0.3, -0.25) is 9.59 Å². The van der Waals surface area contributed by atoms with Crippen LogP contribution in [-0.4, -0.2) is 38.5 Å². The van der Waals surface area contributed by atoms with E-state index in [1.54, 1.807) is 56.3 Å². The summed E-state index contributed by atoms with van der Waals surface area (Å²) in [6.45, 7) is 5.98. The number of unbranched alkanes of at least 4 members (excludes halogenated alkanes) is 1. The Balaban J connectivity index is 1.49. The van der Waals surface area contributed by atoms with Gasteiger partial charge in [-0.1, -0.05) is 74.7 Å². The molecule has 0 bridgehead atoms. The number of nitrogens with zero attached hydrogens (tertiary/aromatic N) is 2. The number of aryl methyl sites for hydroxylation is 1. The zero-order valence-corrected chi connectivity index (χ0v) is 32.4. The number of aromatic nitrogens is 2. The molecule has 1 heterocycles. The van der Waals surface area contributed by atoms with Gasteiger partial charge in [0.15, 0.2) is 0 Å². The predicted molar refractivity (Wildman–Crippen MR) is 209 cm³/mol. The molecule has 14 heteroatoms. The molecule has 2 amide bonds. The van der Waals surface area contributed by atoms with Crippen LogP contribution in [0.1, 0.15) is 72.5 Å². The zero-order valence-electron chi connectivity index (χ0n) is 30.9. The second kappa shape index (κ2) is 18.5. The van der Waals surface area contributed by atoms with Crippen molar-refractivity contribution in [3.63, 3.8) is 0 Å². The van der Waals surface area contributed by atoms with Crippen molar-refractivity contribution >= 4 is 41.0 Å². The number of alkyl halides is 3. The van der Waals surface area contributed by atoms with Gasteiger partial charge in [0, 0.05) is 35.7 Å². The molecule has 9 nitrogen and oxygen atoms in total. The molecule has 5 aromatic rings. The lowest BCUT2D eigenvalue weighted by molar-refractivity contribution is -0.137. The van der Waals surface area contributed by atoms with Gasteiger partial charge in [-0.2, -0.15) is 13.2 Å². The molecule has 294 valence electrons. The SMILES string of the molecule is CCCCn1cc(-c2ccc(Cl)cc2Cl)nc1[C@H](Cc1ccc(Oc2ccc(C(=O)O)cc2)cc1)NC(=O)C(Cc1ccc(C(F)(F)F)cc1)NC(=O)C(C)C. The van der Waals surface area contributed by atoms with Gasteiger partial charge in [0.1, 0.15) is 23.4 Å². The fourth-order valence-electron chi connectivity index (χ4n) is 5.87. The maximum absolute atomic E-state index is 14.3. The van der Waals surface area contributed by atoms with Gasteiger partial charge in [-0.15, -0.1) is 0 Å². The Bertz CT molecular complexity index is 2140. The lowest BCUT2D eigenvalue weighted by atomic mass is 10.0. The summed E-state index contributed by atoms with van der Waals surface area (Å²) in [4.78, 5) is 43.5. The first-order valence-electron chi connectivity index (χ1n) is 18.0. The van der Waals surface area contributed by atoms with Crippen molar-refractivity contribution in [1.29, 1.82) is 0 Å². The lowest BCUT2D eigenvalue weighted by Gasteiger charge is -2.25. The largest absolute Gasteiger partial charge is 0.478 e. The van der Waals surface area contributed by atoms with E-state index in [2.05, 4.69) is 17.6 Å². The average molecular weight is 810 g/mol. The summed E-state index contributed by atoms with van der Waals surface area (Å²) in [5.74, 6) is -0.999. The van der Waals surface area contributed by atoms with Gasteiger partial charge in [0.25, 0.3) is 0 Å². The maximum Gasteiger partial charge on any atom is 0.416 e. The molecule has 4 aromatic carbocycles. The second-order valence-electron chi connectivity index (χ2n) is 13.6. The quantitative estimate of drug-likeness (QED) is 0.0913. The summed E-state index contributed by atoms with van der Waals surface area (Å²) < 4.78 is 47.8. The number of hydrogen-bond donors (Lipinski definition) is 3. The number of benzene rings is 4. The monoisotopic (exact) mass is 808 g/mol. The number of carbonyl (C=O) groups is 3. The second-order valence-corrected chi connectivity index (χ2v) is 14.5. The molecule has 1 unspecified atom stereocenters. The van der Waals surface area contributed by atoms with Crippen LogP contribution >= 0.6 is 23.2 Å². The summed E-state index contributed by atoms with van der Waals surface area (Å²) >= 11 is 12.8. The number of aromatic carboxylic acids is 1. The van der Waals surface area contributed by atoms with E-state index < -0.39 is 47.5 Å². The molecule has 1 aromatic heterocycles. The van der Waals surface area contributed by atoms with Crippen molar-refractivity contribution in [3.8, 4) is 22.8 Å². The van der Waals surface area contributed by atoms with Crippen molar-refractivity contribution in [2.75, 3.05) is 0 Å². The van der Waals surface area contributed by atoms with E-state index in [0.717, 1.165) is 30.5 Å². The van der Waals surface area contributed by atoms with E-state index in [1.165, 1.54) is 24.3 Å². The van der Waals surface area contributed by atoms with Gasteiger partial charge >= 0.3 is 12.1 Å². The van der Waals surface area contributed by atoms with Crippen LogP contribution < -0.4 is 15.4 Å². The zero-order chi connectivity index (χ0) is 40.6. The minimum atomic E-state index is -4.53. The highest BCUT2D eigenvalue weighted by Crippen LogP contribution is 2.33. The first-order valence-corrected chi connectivity index (χ1v) is 18.8. The van der Waals surface area contributed by atoms with Crippen LogP contribution in [-0.2, 0) is 35.2 Å². The highest BCUT2D eigenvalue weighted by Gasteiger charge is 2.31. The van der Waals surface area contributed by atoms with Gasteiger partial charge in [-0.25, -0.2) is 9.78 Å². The number of hydrogen-bond acceptors (Lipinski definition) is 5. The van der Waals surface area contributed by atoms with E-state index in [9.17, 15) is 32.7 Å². The molecule has 2 atom stereocenters. The molecule has 0 fully saturated rings. The number of imidazole rings is 1. The first kappa shape index (κ1) is 41.8. The Morgan fingerprint density at radius 2 is 1.45 bits per heavy atom. The lowest BCUT2D eigenvalue weighted by Crippen LogP contribution is -2.50. The molecule has 0 saturated carbocycles. The van der Waals surface area contributed by atoms with Crippen molar-refractivity contribution in [2.24, 2.45) is 5.92 Å². The Labute approximate surface area is 332 Å². The van der Waals surface area contributed by atoms with Crippen LogP contribution in [0.4, 0.5) is 13.2 Å². The average Bonchev–Trinajstić information content (AvgIpc) is 3.57. The van der Waals surface area contributed by atoms with E-state index in [1.807, 2.05) is 22.9 Å². The summed E-state index contributed by atoms with van der Waals surface area (Å²) in [5, 5.41) is 15.9. The molecule has 5 rings (SSSR count). The standard InChI is InChI=1S/C42H41Cl2F3N4O5/c1-4-5-20-51-24-37(33-19-14-30(43)23-34(33)44)48-38(51)35(21-27-8-15-31(16-9-27)56-32-17-10-28(11-18-32)41(54)55)49-40(53)36(50-39(52)25(2)3)22-26-6-12-29(13-7-26)42(45,46)47/h6-19,23-25,35-36H,4-5,20-22H2,1-3H3,(H,49,53)(H,50,52)(H,54,55)/t35-,36?/m0/s1. The van der Waals surface area contributed by atoms with Crippen LogP contribution in [0.3, 0.4) is 0 Å². The number of halogens is 5. The summed E-state index contributed by atoms with van der Waals surface area (Å²) in [7, 11) is 0. The topological polar surface area (TPSA) is 123 Å². The molecule has 0 saturated heterocycles. The van der Waals surface area contributed by atoms with Gasteiger partial charge in [0.05, 0.1) is 27.9 Å². The Kier molecular flexibility index (Phi) is 13.8. The van der Waals surface area contributed by atoms with Crippen LogP contribution in [0.5, 0.6) is 11.5 Å². The molecular weight excluding hydrogens is 768 g/mol. The van der Waals surface area contributed by atoms with Crippen LogP contribution in [0.2, 0.25) is 10.0 Å². The third kappa shape index (κ3) is 11.1. The van der Waals surface area contributed by atoms with Crippen LogP contribution in [0.15, 0.2) is 97.2 Å². The van der Waals surface area contributed by atoms with E-state index in [0.29, 0.717) is 50.7 Å². The number of ether oxygens (including phenoxy) is 1. The summed E-state index contributed by atoms with van der Waals surface area (Å²) in [6, 6.07) is 20.9. The molecule has 0 radical (unpaired) electrons. The van der Waals surface area contributed by atoms with E-state index in [-0.39, 0.29) is 18.4 Å². The third-order valence-electron chi connectivity index (χ3n) is 8.97. The minimum Gasteiger partial charge on any atom is -0.478 e. The Hall–Kier alpha value is -5.33. The van der Waals surface area contributed by atoms with Gasteiger partial charge in [-0.05, 0) is 90.7 Å². The predicted octanol–water partition coefficient (Wildman–Crippen LogP) is 9.95. The van der Waals surface area contributed by atoms with E-state index >= 15 is 0 Å². The fourth-order valence-corrected chi connectivity index (χ4v) is 6.37. The molecular formula is C42H41Cl2F3N4O5. The smallest absolute Gasteiger partial charge is 0.416 e. The summed E-state index contributed by atoms with van der Waals surface area (Å²) in [6.07, 6.45) is -0.792. The number of carbonyl (C=O) groups excluding carboxylic acids is 2. The summed E-state index contributed by atoms with van der Waals surface area (Å²) in [5.41, 5.74) is 1.73. The molecule has 0 aliphatic carbocycles. The van der Waals surface area contributed by atoms with Crippen molar-refractivity contribution in [1.82, 2.24) is 20.2 Å². The highest BCUT2D eigenvalue weighted by molar-refractivity contribution is 6.36. The Morgan fingerprint density at radius 1 is 0.839 bits per heavy atom. The number of carboxylic acids is 1. The van der Waals surface area contributed by atoms with Crippen molar-refractivity contribution in [2.45, 2.75) is 71.3 Å². The highest BCUT2D eigenvalue weighted by atomic mass is 35.5. The molecule has 3 N–H and O–H groups in total. The Morgan fingerprint density at radius 3 is 2.02 bits per heavy atom. The number of nitrogens with one attached hydrogen (secondary N) is 2. The maximum atomic E-state index is 14.3. The first-order chi connectivity index (χ1) is 26.6. The normalized spacial score (nSPS) is 12.6. The molecule has 0 aliphatic heterocycles. The molecule has 0 spiro atoms. The minimum absolute atomic E-state index is 0.0649. The number of rotatable bonds is 16. The van der Waals surface area contributed by atoms with Crippen molar-refractivity contribution in [3.05, 3.63) is 135 Å². The van der Waals surface area contributed by atoms with E-state index in [4.69, 9.17) is 32.9 Å². The fraction of sp³-hybridized carbons (Fsp3) is 0.286. The van der Waals surface area contributed by atoms with Gasteiger partial charge < -0.3 is 25.0 Å². The molecule has 56 heavy (non-hydrogen) atoms. The van der Waals surface area contributed by atoms with Crippen molar-refractivity contribution < 1.29 is 37.4 Å². The van der Waals surface area contributed by atoms with Gasteiger partial charge in [0.2, 0.25) is 11.8 Å². The number of carboxylic acid groups (broad SMARTS) is 1. The van der Waals surface area contributed by atoms with Crippen LogP contribution in [0.25, 0.3) is 11.3 Å². The molecule has 0 aliphatic rings. The number of amides is 2. The van der Waals surface area contributed by atoms with Crippen LogP contribution in [0, 0.1) is 5.92 Å². The third-order valence-corrected chi connectivity index (χ3v) is 9.52.